The number of carbonyl (C=O) groups excluding carboxylic acids is 1. The summed E-state index contributed by atoms with van der Waals surface area (Å²) in [5.74, 6) is 0.0841. The molecule has 1 aromatic carbocycles. The van der Waals surface area contributed by atoms with Gasteiger partial charge in [0, 0.05) is 37.9 Å². The second-order valence-electron chi connectivity index (χ2n) is 7.99. The van der Waals surface area contributed by atoms with Crippen LogP contribution < -0.4 is 5.32 Å². The summed E-state index contributed by atoms with van der Waals surface area (Å²) < 4.78 is 34.1. The van der Waals surface area contributed by atoms with Crippen molar-refractivity contribution in [2.45, 2.75) is 38.0 Å². The predicted molar refractivity (Wildman–Crippen MR) is 118 cm³/mol. The molecule has 9 nitrogen and oxygen atoms in total. The third kappa shape index (κ3) is 4.61. The summed E-state index contributed by atoms with van der Waals surface area (Å²) in [5, 5.41) is 10.9. The van der Waals surface area contributed by atoms with E-state index in [2.05, 4.69) is 15.6 Å². The summed E-state index contributed by atoms with van der Waals surface area (Å²) in [7, 11) is -3.66. The molecule has 3 heterocycles. The second kappa shape index (κ2) is 9.25. The van der Waals surface area contributed by atoms with E-state index in [1.165, 1.54) is 4.31 Å². The summed E-state index contributed by atoms with van der Waals surface area (Å²) in [4.78, 5) is 12.7. The van der Waals surface area contributed by atoms with Gasteiger partial charge < -0.3 is 9.84 Å². The topological polar surface area (TPSA) is 110 Å². The fourth-order valence-corrected chi connectivity index (χ4v) is 5.80. The number of nitrogens with zero attached hydrogens (tertiary/aromatic N) is 4. The Morgan fingerprint density at radius 3 is 2.50 bits per heavy atom. The molecule has 0 bridgehead atoms. The van der Waals surface area contributed by atoms with Crippen LogP contribution in [0.15, 0.2) is 52.1 Å². The van der Waals surface area contributed by atoms with E-state index in [0.717, 1.165) is 17.7 Å². The van der Waals surface area contributed by atoms with Crippen molar-refractivity contribution in [3.8, 4) is 5.69 Å². The molecular formula is C22H27N5O4S. The average Bonchev–Trinajstić information content (AvgIpc) is 3.44. The maximum absolute atomic E-state index is 12.9. The number of aromatic nitrogens is 3. The first-order valence-electron chi connectivity index (χ1n) is 10.7. The minimum Gasteiger partial charge on any atom is -0.360 e. The van der Waals surface area contributed by atoms with Crippen LogP contribution in [0.1, 0.15) is 29.9 Å². The standard InChI is InChI=1S/C22H27N5O4S/c1-16-21(17(2)31-25-16)32(29,30)26-14-9-19(10-15-26)22(28)23-12-8-18-4-6-20(7-5-18)27-13-3-11-24-27/h3-7,11,13,19H,8-10,12,14-15H2,1-2H3,(H,23,28). The fraction of sp³-hybridized carbons (Fsp3) is 0.409. The summed E-state index contributed by atoms with van der Waals surface area (Å²) in [6, 6.07) is 9.93. The number of hydrogen-bond acceptors (Lipinski definition) is 6. The van der Waals surface area contributed by atoms with Crippen LogP contribution >= 0.6 is 0 Å². The lowest BCUT2D eigenvalue weighted by molar-refractivity contribution is -0.126. The van der Waals surface area contributed by atoms with E-state index in [-0.39, 0.29) is 16.7 Å². The van der Waals surface area contributed by atoms with Gasteiger partial charge in [-0.1, -0.05) is 17.3 Å². The zero-order chi connectivity index (χ0) is 22.7. The molecule has 0 atom stereocenters. The first-order chi connectivity index (χ1) is 15.4. The van der Waals surface area contributed by atoms with Gasteiger partial charge in [-0.3, -0.25) is 4.79 Å². The van der Waals surface area contributed by atoms with Crippen LogP contribution in [0.4, 0.5) is 0 Å². The minimum atomic E-state index is -3.66. The van der Waals surface area contributed by atoms with Crippen LogP contribution in [0.2, 0.25) is 0 Å². The first-order valence-corrected chi connectivity index (χ1v) is 12.1. The molecule has 0 unspecified atom stereocenters. The largest absolute Gasteiger partial charge is 0.360 e. The van der Waals surface area contributed by atoms with Gasteiger partial charge in [0.05, 0.1) is 5.69 Å². The van der Waals surface area contributed by atoms with Gasteiger partial charge in [0.25, 0.3) is 0 Å². The first kappa shape index (κ1) is 22.2. The molecule has 0 saturated carbocycles. The third-order valence-corrected chi connectivity index (χ3v) is 7.95. The number of hydrogen-bond donors (Lipinski definition) is 1. The lowest BCUT2D eigenvalue weighted by atomic mass is 9.97. The Labute approximate surface area is 187 Å². The lowest BCUT2D eigenvalue weighted by Gasteiger charge is -2.30. The van der Waals surface area contributed by atoms with E-state index in [1.54, 1.807) is 24.7 Å². The molecule has 2 aromatic heterocycles. The Morgan fingerprint density at radius 2 is 1.91 bits per heavy atom. The SMILES string of the molecule is Cc1noc(C)c1S(=O)(=O)N1CCC(C(=O)NCCc2ccc(-n3cccn3)cc2)CC1. The van der Waals surface area contributed by atoms with Gasteiger partial charge in [0.1, 0.15) is 10.6 Å². The minimum absolute atomic E-state index is 0.0208. The third-order valence-electron chi connectivity index (χ3n) is 5.81. The van der Waals surface area contributed by atoms with Gasteiger partial charge in [-0.2, -0.15) is 9.40 Å². The van der Waals surface area contributed by atoms with E-state index in [9.17, 15) is 13.2 Å². The second-order valence-corrected chi connectivity index (χ2v) is 9.86. The quantitative estimate of drug-likeness (QED) is 0.583. The monoisotopic (exact) mass is 457 g/mol. The number of piperidine rings is 1. The Bertz CT molecular complexity index is 1140. The number of carbonyl (C=O) groups is 1. The van der Waals surface area contributed by atoms with Gasteiger partial charge in [0.15, 0.2) is 5.76 Å². The van der Waals surface area contributed by atoms with Crippen LogP contribution in [-0.2, 0) is 21.2 Å². The molecule has 0 aliphatic carbocycles. The smallest absolute Gasteiger partial charge is 0.248 e. The number of amides is 1. The number of sulfonamides is 1. The van der Waals surface area contributed by atoms with Gasteiger partial charge in [-0.05, 0) is 56.9 Å². The Balaban J connectivity index is 1.25. The maximum Gasteiger partial charge on any atom is 0.248 e. The summed E-state index contributed by atoms with van der Waals surface area (Å²) in [5.41, 5.74) is 2.47. The molecular weight excluding hydrogens is 430 g/mol. The summed E-state index contributed by atoms with van der Waals surface area (Å²) >= 11 is 0. The van der Waals surface area contributed by atoms with Gasteiger partial charge in [-0.15, -0.1) is 0 Å². The van der Waals surface area contributed by atoms with Crippen LogP contribution in [0, 0.1) is 19.8 Å². The summed E-state index contributed by atoms with van der Waals surface area (Å²) in [6.45, 7) is 4.36. The molecule has 170 valence electrons. The highest BCUT2D eigenvalue weighted by atomic mass is 32.2. The fourth-order valence-electron chi connectivity index (χ4n) is 4.04. The Morgan fingerprint density at radius 1 is 1.19 bits per heavy atom. The highest BCUT2D eigenvalue weighted by molar-refractivity contribution is 7.89. The zero-order valence-electron chi connectivity index (χ0n) is 18.2. The van der Waals surface area contributed by atoms with Crippen molar-refractivity contribution in [2.24, 2.45) is 5.92 Å². The maximum atomic E-state index is 12.9. The highest BCUT2D eigenvalue weighted by Gasteiger charge is 2.35. The molecule has 32 heavy (non-hydrogen) atoms. The Kier molecular flexibility index (Phi) is 6.43. The summed E-state index contributed by atoms with van der Waals surface area (Å²) in [6.07, 6.45) is 5.34. The number of aryl methyl sites for hydroxylation is 2. The highest BCUT2D eigenvalue weighted by Crippen LogP contribution is 2.27. The van der Waals surface area contributed by atoms with Crippen molar-refractivity contribution in [2.75, 3.05) is 19.6 Å². The molecule has 1 amide bonds. The van der Waals surface area contributed by atoms with Crippen LogP contribution in [0.3, 0.4) is 0 Å². The van der Waals surface area contributed by atoms with Gasteiger partial charge in [-0.25, -0.2) is 13.1 Å². The number of nitrogens with one attached hydrogen (secondary N) is 1. The molecule has 1 fully saturated rings. The average molecular weight is 458 g/mol. The molecule has 10 heteroatoms. The lowest BCUT2D eigenvalue weighted by Crippen LogP contribution is -2.43. The van der Waals surface area contributed by atoms with Gasteiger partial charge in [0.2, 0.25) is 15.9 Å². The van der Waals surface area contributed by atoms with E-state index < -0.39 is 10.0 Å². The van der Waals surface area contributed by atoms with E-state index in [4.69, 9.17) is 4.52 Å². The number of rotatable bonds is 7. The molecule has 1 aliphatic heterocycles. The molecule has 0 spiro atoms. The molecule has 4 rings (SSSR count). The van der Waals surface area contributed by atoms with Crippen molar-refractivity contribution in [3.63, 3.8) is 0 Å². The Hall–Kier alpha value is -2.98. The van der Waals surface area contributed by atoms with Crippen molar-refractivity contribution in [3.05, 3.63) is 59.7 Å². The molecule has 0 radical (unpaired) electrons. The van der Waals surface area contributed by atoms with Crippen LogP contribution in [0.5, 0.6) is 0 Å². The molecule has 3 aromatic rings. The van der Waals surface area contributed by atoms with Gasteiger partial charge >= 0.3 is 0 Å². The van der Waals surface area contributed by atoms with Crippen molar-refractivity contribution in [1.29, 1.82) is 0 Å². The molecule has 1 saturated heterocycles. The molecule has 1 N–H and O–H groups in total. The van der Waals surface area contributed by atoms with E-state index in [1.807, 2.05) is 36.5 Å². The van der Waals surface area contributed by atoms with E-state index >= 15 is 0 Å². The molecule has 1 aliphatic rings. The van der Waals surface area contributed by atoms with Crippen molar-refractivity contribution < 1.29 is 17.7 Å². The number of benzene rings is 1. The van der Waals surface area contributed by atoms with Crippen molar-refractivity contribution in [1.82, 2.24) is 24.6 Å². The normalized spacial score (nSPS) is 15.7. The van der Waals surface area contributed by atoms with Crippen LogP contribution in [-0.4, -0.2) is 53.2 Å². The van der Waals surface area contributed by atoms with Crippen LogP contribution in [0.25, 0.3) is 5.69 Å². The predicted octanol–water partition coefficient (Wildman–Crippen LogP) is 2.24. The van der Waals surface area contributed by atoms with Crippen molar-refractivity contribution >= 4 is 15.9 Å². The zero-order valence-corrected chi connectivity index (χ0v) is 19.0. The van der Waals surface area contributed by atoms with E-state index in [0.29, 0.717) is 43.9 Å².